The summed E-state index contributed by atoms with van der Waals surface area (Å²) in [7, 11) is 1.67. The Kier molecular flexibility index (Phi) is 4.57. The fraction of sp³-hybridized carbons (Fsp3) is 0.462. The molecule has 0 amide bonds. The Hall–Kier alpha value is -1.37. The van der Waals surface area contributed by atoms with Crippen LogP contribution in [0.1, 0.15) is 36.5 Å². The van der Waals surface area contributed by atoms with Gasteiger partial charge in [-0.1, -0.05) is 0 Å². The van der Waals surface area contributed by atoms with E-state index in [4.69, 9.17) is 10.6 Å². The Balaban J connectivity index is 2.14. The van der Waals surface area contributed by atoms with E-state index in [0.717, 1.165) is 22.7 Å². The Labute approximate surface area is 117 Å². The predicted octanol–water partition coefficient (Wildman–Crippen LogP) is 2.28. The van der Waals surface area contributed by atoms with Crippen molar-refractivity contribution in [3.8, 4) is 5.75 Å². The number of hydrogen-bond donors (Lipinski definition) is 2. The molecule has 0 bridgehead atoms. The highest BCUT2D eigenvalue weighted by molar-refractivity contribution is 7.10. The van der Waals surface area contributed by atoms with E-state index in [0.29, 0.717) is 6.04 Å². The molecule has 0 aliphatic rings. The molecule has 0 fully saturated rings. The van der Waals surface area contributed by atoms with Gasteiger partial charge in [0.05, 0.1) is 23.7 Å². The van der Waals surface area contributed by atoms with Gasteiger partial charge in [0.15, 0.2) is 0 Å². The molecule has 1 atom stereocenters. The molecule has 19 heavy (non-hydrogen) atoms. The highest BCUT2D eigenvalue weighted by Gasteiger charge is 2.18. The second-order valence-corrected chi connectivity index (χ2v) is 5.61. The first kappa shape index (κ1) is 14.0. The average Bonchev–Trinajstić information content (AvgIpc) is 3.04. The second kappa shape index (κ2) is 6.18. The first-order valence-electron chi connectivity index (χ1n) is 6.27. The number of methoxy groups -OCH3 is 1. The monoisotopic (exact) mass is 280 g/mol. The fourth-order valence-electron chi connectivity index (χ4n) is 1.94. The Morgan fingerprint density at radius 1 is 1.47 bits per heavy atom. The number of nitrogens with two attached hydrogens (primary N) is 1. The van der Waals surface area contributed by atoms with Gasteiger partial charge in [0.1, 0.15) is 5.75 Å². The summed E-state index contributed by atoms with van der Waals surface area (Å²) in [5.74, 6) is 6.54. The van der Waals surface area contributed by atoms with Crippen molar-refractivity contribution in [3.05, 3.63) is 34.3 Å². The number of aromatic nitrogens is 2. The summed E-state index contributed by atoms with van der Waals surface area (Å²) in [6, 6.07) is 4.38. The summed E-state index contributed by atoms with van der Waals surface area (Å²) in [5, 5.41) is 6.55. The molecule has 104 valence electrons. The summed E-state index contributed by atoms with van der Waals surface area (Å²) in [6.07, 6.45) is 2.74. The molecule has 3 N–H and O–H groups in total. The second-order valence-electron chi connectivity index (χ2n) is 4.66. The highest BCUT2D eigenvalue weighted by Crippen LogP contribution is 2.32. The minimum Gasteiger partial charge on any atom is -0.496 e. The lowest BCUT2D eigenvalue weighted by Gasteiger charge is -2.14. The topological polar surface area (TPSA) is 65.1 Å². The summed E-state index contributed by atoms with van der Waals surface area (Å²) in [6.45, 7) is 4.22. The lowest BCUT2D eigenvalue weighted by molar-refractivity contribution is 0.402. The normalized spacial score (nSPS) is 12.9. The first-order valence-corrected chi connectivity index (χ1v) is 7.15. The van der Waals surface area contributed by atoms with Gasteiger partial charge >= 0.3 is 0 Å². The zero-order valence-electron chi connectivity index (χ0n) is 11.5. The molecular weight excluding hydrogens is 260 g/mol. The summed E-state index contributed by atoms with van der Waals surface area (Å²) < 4.78 is 7.29. The molecule has 0 saturated carbocycles. The lowest BCUT2D eigenvalue weighted by atomic mass is 10.1. The number of nitrogens with zero attached hydrogens (tertiary/aromatic N) is 2. The number of hydrogen-bond acceptors (Lipinski definition) is 5. The maximum Gasteiger partial charge on any atom is 0.134 e. The third kappa shape index (κ3) is 3.15. The molecule has 2 aromatic heterocycles. The van der Waals surface area contributed by atoms with Crippen LogP contribution in [-0.2, 0) is 6.42 Å². The van der Waals surface area contributed by atoms with Crippen molar-refractivity contribution in [1.82, 2.24) is 15.2 Å². The van der Waals surface area contributed by atoms with E-state index in [9.17, 15) is 0 Å². The zero-order chi connectivity index (χ0) is 13.8. The fourth-order valence-corrected chi connectivity index (χ4v) is 2.86. The van der Waals surface area contributed by atoms with E-state index >= 15 is 0 Å². The van der Waals surface area contributed by atoms with Gasteiger partial charge in [0.25, 0.3) is 0 Å². The minimum atomic E-state index is 0.0189. The molecule has 0 spiro atoms. The van der Waals surface area contributed by atoms with Crippen LogP contribution in [0.3, 0.4) is 0 Å². The summed E-state index contributed by atoms with van der Waals surface area (Å²) in [4.78, 5) is 1.10. The van der Waals surface area contributed by atoms with Crippen LogP contribution in [0.5, 0.6) is 5.75 Å². The molecule has 0 aromatic carbocycles. The van der Waals surface area contributed by atoms with Crippen LogP contribution in [0.4, 0.5) is 0 Å². The SMILES string of the molecule is COc1ccsc1C(Cc1ccn(C(C)C)n1)NN. The van der Waals surface area contributed by atoms with E-state index < -0.39 is 0 Å². The quantitative estimate of drug-likeness (QED) is 0.629. The maximum atomic E-state index is 5.67. The van der Waals surface area contributed by atoms with Gasteiger partial charge in [-0.3, -0.25) is 16.0 Å². The predicted molar refractivity (Wildman–Crippen MR) is 77.3 cm³/mol. The van der Waals surface area contributed by atoms with E-state index in [1.165, 1.54) is 0 Å². The van der Waals surface area contributed by atoms with Gasteiger partial charge in [0.2, 0.25) is 0 Å². The molecule has 0 radical (unpaired) electrons. The lowest BCUT2D eigenvalue weighted by Crippen LogP contribution is -2.29. The standard InChI is InChI=1S/C13H20N4OS/c1-9(2)17-6-4-10(16-17)8-11(15-14)13-12(18-3)5-7-19-13/h4-7,9,11,15H,8,14H2,1-3H3. The highest BCUT2D eigenvalue weighted by atomic mass is 32.1. The molecule has 0 aliphatic carbocycles. The van der Waals surface area contributed by atoms with Crippen molar-refractivity contribution in [1.29, 1.82) is 0 Å². The molecule has 0 aliphatic heterocycles. The molecule has 2 aromatic rings. The van der Waals surface area contributed by atoms with Gasteiger partial charge in [-0.05, 0) is 31.4 Å². The third-order valence-electron chi connectivity index (χ3n) is 3.00. The minimum absolute atomic E-state index is 0.0189. The van der Waals surface area contributed by atoms with Crippen LogP contribution in [0.25, 0.3) is 0 Å². The van der Waals surface area contributed by atoms with Crippen molar-refractivity contribution in [2.75, 3.05) is 7.11 Å². The number of ether oxygens (including phenoxy) is 1. The van der Waals surface area contributed by atoms with Crippen molar-refractivity contribution in [3.63, 3.8) is 0 Å². The van der Waals surface area contributed by atoms with E-state index in [2.05, 4.69) is 24.4 Å². The van der Waals surface area contributed by atoms with Gasteiger partial charge in [-0.25, -0.2) is 0 Å². The summed E-state index contributed by atoms with van der Waals surface area (Å²) >= 11 is 1.64. The number of nitrogens with one attached hydrogen (secondary N) is 1. The van der Waals surface area contributed by atoms with Crippen molar-refractivity contribution >= 4 is 11.3 Å². The van der Waals surface area contributed by atoms with Crippen molar-refractivity contribution in [2.45, 2.75) is 32.4 Å². The van der Waals surface area contributed by atoms with Gasteiger partial charge < -0.3 is 4.74 Å². The number of hydrazine groups is 1. The van der Waals surface area contributed by atoms with Gasteiger partial charge in [0, 0.05) is 18.7 Å². The zero-order valence-corrected chi connectivity index (χ0v) is 12.3. The summed E-state index contributed by atoms with van der Waals surface area (Å²) in [5.41, 5.74) is 3.87. The number of thiophene rings is 1. The van der Waals surface area contributed by atoms with Gasteiger partial charge in [-0.15, -0.1) is 11.3 Å². The van der Waals surface area contributed by atoms with Crippen LogP contribution in [0.2, 0.25) is 0 Å². The molecule has 6 heteroatoms. The van der Waals surface area contributed by atoms with E-state index in [-0.39, 0.29) is 6.04 Å². The molecule has 1 unspecified atom stereocenters. The largest absolute Gasteiger partial charge is 0.496 e. The molecular formula is C13H20N4OS. The van der Waals surface area contributed by atoms with Crippen LogP contribution in [-0.4, -0.2) is 16.9 Å². The Bertz CT molecular complexity index is 520. The van der Waals surface area contributed by atoms with Crippen molar-refractivity contribution in [2.24, 2.45) is 5.84 Å². The van der Waals surface area contributed by atoms with Crippen LogP contribution in [0, 0.1) is 0 Å². The molecule has 2 rings (SSSR count). The van der Waals surface area contributed by atoms with Crippen LogP contribution < -0.4 is 16.0 Å². The average molecular weight is 280 g/mol. The maximum absolute atomic E-state index is 5.67. The van der Waals surface area contributed by atoms with Gasteiger partial charge in [-0.2, -0.15) is 5.10 Å². The van der Waals surface area contributed by atoms with Crippen molar-refractivity contribution < 1.29 is 4.74 Å². The Morgan fingerprint density at radius 2 is 2.26 bits per heavy atom. The Morgan fingerprint density at radius 3 is 2.84 bits per heavy atom. The third-order valence-corrected chi connectivity index (χ3v) is 4.01. The van der Waals surface area contributed by atoms with E-state index in [1.54, 1.807) is 18.4 Å². The molecule has 0 saturated heterocycles. The van der Waals surface area contributed by atoms with E-state index in [1.807, 2.05) is 28.4 Å². The first-order chi connectivity index (χ1) is 9.15. The smallest absolute Gasteiger partial charge is 0.134 e. The van der Waals surface area contributed by atoms with Crippen LogP contribution in [0.15, 0.2) is 23.7 Å². The number of rotatable bonds is 6. The molecule has 5 nitrogen and oxygen atoms in total. The van der Waals surface area contributed by atoms with Crippen LogP contribution >= 0.6 is 11.3 Å². The molecule has 2 heterocycles.